The van der Waals surface area contributed by atoms with Gasteiger partial charge in [-0.25, -0.2) is 0 Å². The molecule has 0 aromatic carbocycles. The predicted molar refractivity (Wildman–Crippen MR) is 58.3 cm³/mol. The van der Waals surface area contributed by atoms with E-state index in [2.05, 4.69) is 10.1 Å². The van der Waals surface area contributed by atoms with Crippen LogP contribution in [0, 0.1) is 11.8 Å². The average molecular weight is 283 g/mol. The Bertz CT molecular complexity index is 345. The Hall–Kier alpha value is -1.31. The lowest BCUT2D eigenvalue weighted by molar-refractivity contribution is -0.175. The lowest BCUT2D eigenvalue weighted by Crippen LogP contribution is -2.47. The Labute approximate surface area is 108 Å². The lowest BCUT2D eigenvalue weighted by Gasteiger charge is -2.32. The quantitative estimate of drug-likeness (QED) is 0.767. The smallest absolute Gasteiger partial charge is 0.411 e. The minimum atomic E-state index is -4.40. The average Bonchev–Trinajstić information content (AvgIpc) is 2.11. The molecule has 0 radical (unpaired) electrons. The molecule has 0 aromatic rings. The molecule has 2 N–H and O–H groups in total. The topological polar surface area (TPSA) is 75.6 Å². The second-order valence-corrected chi connectivity index (χ2v) is 4.67. The summed E-state index contributed by atoms with van der Waals surface area (Å²) in [4.78, 5) is 22.4. The first-order valence-electron chi connectivity index (χ1n) is 5.88. The lowest BCUT2D eigenvalue weighted by atomic mass is 9.73. The summed E-state index contributed by atoms with van der Waals surface area (Å²) in [5.74, 6) is -2.75. The summed E-state index contributed by atoms with van der Waals surface area (Å²) in [6.45, 7) is -0.132. The van der Waals surface area contributed by atoms with E-state index in [-0.39, 0.29) is 6.61 Å². The maximum Gasteiger partial charge on any atom is 0.411 e. The van der Waals surface area contributed by atoms with E-state index in [9.17, 15) is 22.8 Å². The van der Waals surface area contributed by atoms with Gasteiger partial charge in [0.15, 0.2) is 0 Å². The van der Waals surface area contributed by atoms with Crippen molar-refractivity contribution in [2.45, 2.75) is 32.0 Å². The van der Waals surface area contributed by atoms with Gasteiger partial charge in [0.05, 0.1) is 18.4 Å². The van der Waals surface area contributed by atoms with Crippen LogP contribution in [0.2, 0.25) is 0 Å². The Morgan fingerprint density at radius 1 is 1.37 bits per heavy atom. The van der Waals surface area contributed by atoms with Crippen LogP contribution in [0.4, 0.5) is 13.2 Å². The van der Waals surface area contributed by atoms with Gasteiger partial charge in [-0.15, -0.1) is 0 Å². The number of nitrogens with one attached hydrogen (secondary N) is 1. The van der Waals surface area contributed by atoms with Crippen molar-refractivity contribution in [2.75, 3.05) is 13.2 Å². The number of hydrogen-bond donors (Lipinski definition) is 2. The third-order valence-electron chi connectivity index (χ3n) is 2.95. The van der Waals surface area contributed by atoms with Gasteiger partial charge in [-0.3, -0.25) is 9.59 Å². The molecule has 1 aliphatic rings. The number of alkyl halides is 3. The summed E-state index contributed by atoms with van der Waals surface area (Å²) in [7, 11) is 0. The van der Waals surface area contributed by atoms with Crippen molar-refractivity contribution in [3.05, 3.63) is 0 Å². The zero-order valence-electron chi connectivity index (χ0n) is 10.4. The Morgan fingerprint density at radius 3 is 2.37 bits per heavy atom. The molecule has 3 unspecified atom stereocenters. The molecule has 1 aliphatic carbocycles. The summed E-state index contributed by atoms with van der Waals surface area (Å²) in [5.41, 5.74) is 0. The summed E-state index contributed by atoms with van der Waals surface area (Å²) < 4.78 is 39.9. The van der Waals surface area contributed by atoms with Crippen molar-refractivity contribution in [3.63, 3.8) is 0 Å². The maximum atomic E-state index is 11.8. The van der Waals surface area contributed by atoms with Crippen LogP contribution in [0.25, 0.3) is 0 Å². The Morgan fingerprint density at radius 2 is 1.95 bits per heavy atom. The van der Waals surface area contributed by atoms with Gasteiger partial charge in [0.1, 0.15) is 6.61 Å². The SMILES string of the molecule is CC(COCC(F)(F)F)NC(=O)C1CCC1C(=O)O. The standard InChI is InChI=1S/C11H16F3NO4/c1-6(4-19-5-11(12,13)14)15-9(16)7-2-3-8(7)10(17)18/h6-8H,2-5H2,1H3,(H,15,16)(H,17,18). The predicted octanol–water partition coefficient (Wildman–Crippen LogP) is 1.18. The Balaban J connectivity index is 2.27. The highest BCUT2D eigenvalue weighted by atomic mass is 19.4. The van der Waals surface area contributed by atoms with Crippen molar-refractivity contribution >= 4 is 11.9 Å². The van der Waals surface area contributed by atoms with Crippen LogP contribution in [0.5, 0.6) is 0 Å². The monoisotopic (exact) mass is 283 g/mol. The van der Waals surface area contributed by atoms with Crippen LogP contribution >= 0.6 is 0 Å². The van der Waals surface area contributed by atoms with Crippen molar-refractivity contribution in [3.8, 4) is 0 Å². The number of rotatable bonds is 6. The summed E-state index contributed by atoms with van der Waals surface area (Å²) >= 11 is 0. The van der Waals surface area contributed by atoms with Crippen molar-refractivity contribution in [2.24, 2.45) is 11.8 Å². The van der Waals surface area contributed by atoms with E-state index < -0.39 is 42.5 Å². The molecule has 0 spiro atoms. The number of carboxylic acid groups (broad SMARTS) is 1. The fourth-order valence-electron chi connectivity index (χ4n) is 1.85. The first kappa shape index (κ1) is 15.7. The van der Waals surface area contributed by atoms with Crippen molar-refractivity contribution in [1.82, 2.24) is 5.32 Å². The molecule has 0 aromatic heterocycles. The van der Waals surface area contributed by atoms with E-state index in [4.69, 9.17) is 5.11 Å². The number of carboxylic acids is 1. The van der Waals surface area contributed by atoms with E-state index in [1.807, 2.05) is 0 Å². The molecule has 1 fully saturated rings. The fraction of sp³-hybridized carbons (Fsp3) is 0.818. The first-order valence-corrected chi connectivity index (χ1v) is 5.88. The molecule has 3 atom stereocenters. The van der Waals surface area contributed by atoms with Crippen LogP contribution in [0.1, 0.15) is 19.8 Å². The molecule has 8 heteroatoms. The van der Waals surface area contributed by atoms with Gasteiger partial charge in [0.2, 0.25) is 5.91 Å². The first-order chi connectivity index (χ1) is 8.70. The minimum Gasteiger partial charge on any atom is -0.481 e. The normalized spacial score (nSPS) is 24.4. The van der Waals surface area contributed by atoms with Crippen molar-refractivity contribution in [1.29, 1.82) is 0 Å². The molecular formula is C11H16F3NO4. The summed E-state index contributed by atoms with van der Waals surface area (Å²) in [5, 5.41) is 11.2. The highest BCUT2D eigenvalue weighted by Crippen LogP contribution is 2.34. The van der Waals surface area contributed by atoms with Crippen LogP contribution in [-0.4, -0.2) is 42.4 Å². The largest absolute Gasteiger partial charge is 0.481 e. The van der Waals surface area contributed by atoms with Gasteiger partial charge in [0.25, 0.3) is 0 Å². The molecule has 0 aliphatic heterocycles. The molecule has 19 heavy (non-hydrogen) atoms. The molecule has 0 bridgehead atoms. The van der Waals surface area contributed by atoms with Gasteiger partial charge in [-0.1, -0.05) is 0 Å². The van der Waals surface area contributed by atoms with E-state index >= 15 is 0 Å². The molecule has 110 valence electrons. The third kappa shape index (κ3) is 5.06. The van der Waals surface area contributed by atoms with E-state index in [0.717, 1.165) is 0 Å². The molecular weight excluding hydrogens is 267 g/mol. The highest BCUT2D eigenvalue weighted by molar-refractivity contribution is 5.86. The highest BCUT2D eigenvalue weighted by Gasteiger charge is 2.41. The zero-order valence-corrected chi connectivity index (χ0v) is 10.4. The maximum absolute atomic E-state index is 11.8. The second kappa shape index (κ2) is 6.23. The van der Waals surface area contributed by atoms with Crippen LogP contribution in [-0.2, 0) is 14.3 Å². The van der Waals surface area contributed by atoms with Gasteiger partial charge in [0, 0.05) is 6.04 Å². The minimum absolute atomic E-state index is 0.268. The molecule has 0 saturated heterocycles. The Kier molecular flexibility index (Phi) is 5.16. The van der Waals surface area contributed by atoms with Gasteiger partial charge < -0.3 is 15.2 Å². The third-order valence-corrected chi connectivity index (χ3v) is 2.95. The van der Waals surface area contributed by atoms with E-state index in [1.54, 1.807) is 0 Å². The molecule has 1 rings (SSSR count). The molecule has 1 amide bonds. The van der Waals surface area contributed by atoms with Crippen LogP contribution < -0.4 is 5.32 Å². The van der Waals surface area contributed by atoms with Crippen LogP contribution in [0.15, 0.2) is 0 Å². The van der Waals surface area contributed by atoms with E-state index in [1.165, 1.54) is 6.92 Å². The summed E-state index contributed by atoms with van der Waals surface area (Å²) in [6.07, 6.45) is -3.46. The summed E-state index contributed by atoms with van der Waals surface area (Å²) in [6, 6.07) is -0.593. The van der Waals surface area contributed by atoms with Gasteiger partial charge >= 0.3 is 12.1 Å². The number of ether oxygens (including phenoxy) is 1. The number of carbonyl (C=O) groups excluding carboxylic acids is 1. The van der Waals surface area contributed by atoms with Crippen molar-refractivity contribution < 1.29 is 32.6 Å². The number of aliphatic carboxylic acids is 1. The number of halogens is 3. The number of amides is 1. The second-order valence-electron chi connectivity index (χ2n) is 4.67. The molecule has 1 saturated carbocycles. The van der Waals surface area contributed by atoms with E-state index in [0.29, 0.717) is 12.8 Å². The number of carbonyl (C=O) groups is 2. The van der Waals surface area contributed by atoms with Crippen LogP contribution in [0.3, 0.4) is 0 Å². The van der Waals surface area contributed by atoms with Gasteiger partial charge in [-0.05, 0) is 19.8 Å². The fourth-order valence-corrected chi connectivity index (χ4v) is 1.85. The zero-order chi connectivity index (χ0) is 14.6. The molecule has 5 nitrogen and oxygen atoms in total. The van der Waals surface area contributed by atoms with Gasteiger partial charge in [-0.2, -0.15) is 13.2 Å². The molecule has 0 heterocycles. The number of hydrogen-bond acceptors (Lipinski definition) is 3.